The number of hydrogen-bond acceptors (Lipinski definition) is 5. The Morgan fingerprint density at radius 2 is 2.30 bits per heavy atom. The molecule has 1 aromatic carbocycles. The first-order valence-electron chi connectivity index (χ1n) is 8.08. The van der Waals surface area contributed by atoms with Crippen LogP contribution in [0.2, 0.25) is 0 Å². The van der Waals surface area contributed by atoms with Crippen molar-refractivity contribution < 1.29 is 9.47 Å². The summed E-state index contributed by atoms with van der Waals surface area (Å²) in [6.45, 7) is 2.61. The molecular formula is C18H21N3O2. The molecule has 0 bridgehead atoms. The van der Waals surface area contributed by atoms with Gasteiger partial charge in [0.1, 0.15) is 5.75 Å². The van der Waals surface area contributed by atoms with E-state index in [-0.39, 0.29) is 0 Å². The highest BCUT2D eigenvalue weighted by Crippen LogP contribution is 2.34. The second-order valence-corrected chi connectivity index (χ2v) is 6.02. The number of hydrogen-bond donors (Lipinski definition) is 1. The van der Waals surface area contributed by atoms with E-state index in [0.717, 1.165) is 54.6 Å². The van der Waals surface area contributed by atoms with Gasteiger partial charge in [0.25, 0.3) is 0 Å². The number of benzene rings is 1. The van der Waals surface area contributed by atoms with E-state index < -0.39 is 0 Å². The summed E-state index contributed by atoms with van der Waals surface area (Å²) in [5.74, 6) is 1.81. The summed E-state index contributed by atoms with van der Waals surface area (Å²) in [6, 6.07) is 10.3. The summed E-state index contributed by atoms with van der Waals surface area (Å²) in [7, 11) is 1.69. The van der Waals surface area contributed by atoms with Crippen LogP contribution in [-0.4, -0.2) is 38.0 Å². The summed E-state index contributed by atoms with van der Waals surface area (Å²) >= 11 is 0. The van der Waals surface area contributed by atoms with E-state index in [2.05, 4.69) is 27.3 Å². The van der Waals surface area contributed by atoms with Crippen LogP contribution in [0.4, 0.5) is 11.5 Å². The molecule has 1 saturated heterocycles. The van der Waals surface area contributed by atoms with E-state index in [1.807, 2.05) is 24.4 Å². The first-order chi connectivity index (χ1) is 11.3. The number of pyridine rings is 1. The van der Waals surface area contributed by atoms with Crippen molar-refractivity contribution >= 4 is 11.5 Å². The van der Waals surface area contributed by atoms with Crippen LogP contribution in [0.25, 0.3) is 11.1 Å². The summed E-state index contributed by atoms with van der Waals surface area (Å²) < 4.78 is 11.1. The van der Waals surface area contributed by atoms with Gasteiger partial charge in [-0.25, -0.2) is 4.98 Å². The van der Waals surface area contributed by atoms with Gasteiger partial charge in [0, 0.05) is 24.9 Å². The zero-order valence-corrected chi connectivity index (χ0v) is 13.3. The van der Waals surface area contributed by atoms with E-state index in [0.29, 0.717) is 6.10 Å². The zero-order valence-electron chi connectivity index (χ0n) is 13.3. The summed E-state index contributed by atoms with van der Waals surface area (Å²) in [6.07, 6.45) is 4.56. The number of aromatic nitrogens is 1. The molecule has 4 rings (SSSR count). The molecule has 0 amide bonds. The fourth-order valence-electron chi connectivity index (χ4n) is 3.24. The molecule has 2 aliphatic heterocycles. The van der Waals surface area contributed by atoms with Crippen LogP contribution in [0, 0.1) is 0 Å². The van der Waals surface area contributed by atoms with Gasteiger partial charge in [-0.1, -0.05) is 12.1 Å². The van der Waals surface area contributed by atoms with E-state index in [9.17, 15) is 0 Å². The van der Waals surface area contributed by atoms with Gasteiger partial charge in [-0.05, 0) is 36.6 Å². The molecule has 1 fully saturated rings. The highest BCUT2D eigenvalue weighted by molar-refractivity contribution is 5.78. The quantitative estimate of drug-likeness (QED) is 0.940. The number of anilines is 2. The Hall–Kier alpha value is -2.27. The summed E-state index contributed by atoms with van der Waals surface area (Å²) in [5.41, 5.74) is 3.37. The molecule has 3 heterocycles. The average Bonchev–Trinajstić information content (AvgIpc) is 3.25. The standard InChI is InChI=1S/C18H21N3O2/c1-22-15-5-2-4-13(8-15)14-9-17-18(19-10-14)20-12-21(17)11-16-6-3-7-23-16/h2,4-5,8-10,16H,3,6-7,11-12H2,1H3,(H,19,20). The van der Waals surface area contributed by atoms with Crippen LogP contribution in [0.3, 0.4) is 0 Å². The van der Waals surface area contributed by atoms with E-state index in [4.69, 9.17) is 9.47 Å². The normalized spacial score (nSPS) is 19.5. The number of nitrogens with zero attached hydrogens (tertiary/aromatic N) is 2. The maximum Gasteiger partial charge on any atom is 0.151 e. The highest BCUT2D eigenvalue weighted by Gasteiger charge is 2.25. The molecule has 1 aromatic heterocycles. The van der Waals surface area contributed by atoms with Crippen molar-refractivity contribution in [3.63, 3.8) is 0 Å². The number of ether oxygens (including phenoxy) is 2. The maximum absolute atomic E-state index is 5.77. The van der Waals surface area contributed by atoms with Gasteiger partial charge in [-0.3, -0.25) is 0 Å². The van der Waals surface area contributed by atoms with Crippen LogP contribution in [0.5, 0.6) is 5.75 Å². The smallest absolute Gasteiger partial charge is 0.151 e. The zero-order chi connectivity index (χ0) is 15.6. The van der Waals surface area contributed by atoms with Crippen LogP contribution >= 0.6 is 0 Å². The molecular weight excluding hydrogens is 290 g/mol. The van der Waals surface area contributed by atoms with Gasteiger partial charge in [-0.15, -0.1) is 0 Å². The third kappa shape index (κ3) is 2.84. The molecule has 5 heteroatoms. The second-order valence-electron chi connectivity index (χ2n) is 6.02. The molecule has 2 aliphatic rings. The van der Waals surface area contributed by atoms with Crippen molar-refractivity contribution in [3.05, 3.63) is 36.5 Å². The molecule has 2 aromatic rings. The van der Waals surface area contributed by atoms with Crippen LogP contribution in [0.1, 0.15) is 12.8 Å². The largest absolute Gasteiger partial charge is 0.497 e. The average molecular weight is 311 g/mol. The van der Waals surface area contributed by atoms with Crippen molar-refractivity contribution in [3.8, 4) is 16.9 Å². The number of nitrogens with one attached hydrogen (secondary N) is 1. The first kappa shape index (κ1) is 14.3. The molecule has 5 nitrogen and oxygen atoms in total. The third-order valence-electron chi connectivity index (χ3n) is 4.50. The minimum Gasteiger partial charge on any atom is -0.497 e. The lowest BCUT2D eigenvalue weighted by Crippen LogP contribution is -2.31. The third-order valence-corrected chi connectivity index (χ3v) is 4.50. The molecule has 0 radical (unpaired) electrons. The number of rotatable bonds is 4. The van der Waals surface area contributed by atoms with Crippen molar-refractivity contribution in [1.29, 1.82) is 0 Å². The predicted octanol–water partition coefficient (Wildman–Crippen LogP) is 3.13. The Bertz CT molecular complexity index is 698. The Balaban J connectivity index is 1.61. The lowest BCUT2D eigenvalue weighted by atomic mass is 10.1. The SMILES string of the molecule is COc1cccc(-c2cnc3c(c2)N(CC2CCCO2)CN3)c1. The van der Waals surface area contributed by atoms with Gasteiger partial charge < -0.3 is 19.7 Å². The second kappa shape index (κ2) is 6.08. The van der Waals surface area contributed by atoms with Gasteiger partial charge in [0.15, 0.2) is 5.82 Å². The topological polar surface area (TPSA) is 46.6 Å². The predicted molar refractivity (Wildman–Crippen MR) is 91.0 cm³/mol. The highest BCUT2D eigenvalue weighted by atomic mass is 16.5. The van der Waals surface area contributed by atoms with Gasteiger partial charge >= 0.3 is 0 Å². The maximum atomic E-state index is 5.77. The molecule has 0 aliphatic carbocycles. The van der Waals surface area contributed by atoms with Gasteiger partial charge in [0.05, 0.1) is 25.6 Å². The Labute approximate surface area is 136 Å². The minimum absolute atomic E-state index is 0.336. The molecule has 120 valence electrons. The molecule has 1 atom stereocenters. The van der Waals surface area contributed by atoms with Crippen LogP contribution < -0.4 is 15.0 Å². The molecule has 0 spiro atoms. The van der Waals surface area contributed by atoms with Crippen molar-refractivity contribution in [2.45, 2.75) is 18.9 Å². The Morgan fingerprint density at radius 3 is 3.13 bits per heavy atom. The monoisotopic (exact) mass is 311 g/mol. The van der Waals surface area contributed by atoms with Crippen molar-refractivity contribution in [2.75, 3.05) is 37.1 Å². The van der Waals surface area contributed by atoms with Crippen LogP contribution in [-0.2, 0) is 4.74 Å². The van der Waals surface area contributed by atoms with Gasteiger partial charge in [-0.2, -0.15) is 0 Å². The molecule has 23 heavy (non-hydrogen) atoms. The minimum atomic E-state index is 0.336. The van der Waals surface area contributed by atoms with E-state index in [1.54, 1.807) is 7.11 Å². The van der Waals surface area contributed by atoms with E-state index in [1.165, 1.54) is 6.42 Å². The van der Waals surface area contributed by atoms with Crippen molar-refractivity contribution in [2.24, 2.45) is 0 Å². The fourth-order valence-corrected chi connectivity index (χ4v) is 3.24. The lowest BCUT2D eigenvalue weighted by Gasteiger charge is -2.21. The van der Waals surface area contributed by atoms with Gasteiger partial charge in [0.2, 0.25) is 0 Å². The number of fused-ring (bicyclic) bond motifs is 1. The fraction of sp³-hybridized carbons (Fsp3) is 0.389. The lowest BCUT2D eigenvalue weighted by molar-refractivity contribution is 0.116. The Kier molecular flexibility index (Phi) is 3.79. The summed E-state index contributed by atoms with van der Waals surface area (Å²) in [4.78, 5) is 6.90. The molecule has 0 saturated carbocycles. The van der Waals surface area contributed by atoms with E-state index >= 15 is 0 Å². The van der Waals surface area contributed by atoms with Crippen molar-refractivity contribution in [1.82, 2.24) is 4.98 Å². The Morgan fingerprint density at radius 1 is 1.35 bits per heavy atom. The number of methoxy groups -OCH3 is 1. The van der Waals surface area contributed by atoms with Crippen LogP contribution in [0.15, 0.2) is 36.5 Å². The first-order valence-corrected chi connectivity index (χ1v) is 8.08. The summed E-state index contributed by atoms with van der Waals surface area (Å²) in [5, 5.41) is 3.36. The molecule has 1 unspecified atom stereocenters. The molecule has 1 N–H and O–H groups in total.